The monoisotopic (exact) mass is 952 g/mol. The molecule has 1 aliphatic carbocycles. The minimum Gasteiger partial charge on any atom is -0.449 e. The maximum absolute atomic E-state index is 7.09. The van der Waals surface area contributed by atoms with Crippen LogP contribution in [0.5, 0.6) is 23.0 Å². The number of nitrogens with zero attached hydrogens (tertiary/aromatic N) is 2. The van der Waals surface area contributed by atoms with E-state index >= 15 is 0 Å². The van der Waals surface area contributed by atoms with Crippen LogP contribution in [-0.2, 0) is 11.8 Å². The highest BCUT2D eigenvalue weighted by Crippen LogP contribution is 2.63. The van der Waals surface area contributed by atoms with Crippen molar-refractivity contribution in [2.75, 3.05) is 9.80 Å². The Morgan fingerprint density at radius 1 is 0.631 bits per heavy atom. The zero-order valence-electron chi connectivity index (χ0n) is 36.2. The molecule has 0 fully saturated rings. The van der Waals surface area contributed by atoms with Crippen LogP contribution in [0.2, 0.25) is 0 Å². The zero-order chi connectivity index (χ0) is 43.9. The standard InChI is InChI=1S/C60H45IN2O2/c1-3-20-43(4-2)60(44-24-10-6-11-25-44)51-30-17-15-29-50(51)58-52(60)34-36-56-59(58)65-55-35-33-46(39-57(55)64-56)63(54-32-19-16-28-49(54)41-21-8-5-9-22-41)48(40-61)38-47-37-42-23-14-18-31-53(42)62(47)45-26-12-7-13-27-45/h3-36,38-40H,37H2,1-2H3/b20-3-,43-4+,47-38+,48-40+. The van der Waals surface area contributed by atoms with Gasteiger partial charge in [-0.2, -0.15) is 0 Å². The van der Waals surface area contributed by atoms with Gasteiger partial charge in [0.25, 0.3) is 0 Å². The van der Waals surface area contributed by atoms with Crippen LogP contribution >= 0.6 is 22.6 Å². The smallest absolute Gasteiger partial charge is 0.178 e. The van der Waals surface area contributed by atoms with E-state index in [1.807, 2.05) is 0 Å². The lowest BCUT2D eigenvalue weighted by atomic mass is 9.67. The van der Waals surface area contributed by atoms with Crippen molar-refractivity contribution in [3.63, 3.8) is 0 Å². The molecule has 0 aromatic heterocycles. The summed E-state index contributed by atoms with van der Waals surface area (Å²) in [5.74, 6) is 2.74. The molecule has 314 valence electrons. The Kier molecular flexibility index (Phi) is 10.6. The minimum atomic E-state index is -0.545. The summed E-state index contributed by atoms with van der Waals surface area (Å²) in [5.41, 5.74) is 16.5. The Labute approximate surface area is 394 Å². The predicted octanol–water partition coefficient (Wildman–Crippen LogP) is 16.8. The van der Waals surface area contributed by atoms with Gasteiger partial charge in [0.15, 0.2) is 23.0 Å². The van der Waals surface area contributed by atoms with Gasteiger partial charge < -0.3 is 19.3 Å². The van der Waals surface area contributed by atoms with Crippen molar-refractivity contribution in [2.45, 2.75) is 25.7 Å². The number of benzene rings is 8. The molecule has 0 amide bonds. The van der Waals surface area contributed by atoms with Crippen molar-refractivity contribution in [3.05, 3.63) is 262 Å². The summed E-state index contributed by atoms with van der Waals surface area (Å²) in [7, 11) is 0. The molecule has 8 aromatic rings. The van der Waals surface area contributed by atoms with Crippen LogP contribution in [0.4, 0.5) is 22.7 Å². The van der Waals surface area contributed by atoms with Crippen LogP contribution in [0.3, 0.4) is 0 Å². The number of ether oxygens (including phenoxy) is 2. The van der Waals surface area contributed by atoms with E-state index in [0.717, 1.165) is 57.2 Å². The van der Waals surface area contributed by atoms with Gasteiger partial charge in [-0.25, -0.2) is 0 Å². The fourth-order valence-electron chi connectivity index (χ4n) is 10.2. The lowest BCUT2D eigenvalue weighted by Gasteiger charge is -2.35. The lowest BCUT2D eigenvalue weighted by molar-refractivity contribution is 0.360. The summed E-state index contributed by atoms with van der Waals surface area (Å²) in [6.45, 7) is 4.22. The first-order valence-corrected chi connectivity index (χ1v) is 23.4. The number of rotatable bonds is 9. The molecule has 2 aliphatic heterocycles. The third-order valence-corrected chi connectivity index (χ3v) is 13.5. The predicted molar refractivity (Wildman–Crippen MR) is 276 cm³/mol. The van der Waals surface area contributed by atoms with E-state index in [4.69, 9.17) is 9.47 Å². The van der Waals surface area contributed by atoms with Gasteiger partial charge in [0.2, 0.25) is 0 Å². The summed E-state index contributed by atoms with van der Waals surface area (Å²) < 4.78 is 16.3. The van der Waals surface area contributed by atoms with Gasteiger partial charge in [0, 0.05) is 44.8 Å². The number of fused-ring (bicyclic) bond motifs is 7. The lowest BCUT2D eigenvalue weighted by Crippen LogP contribution is -2.29. The third-order valence-electron chi connectivity index (χ3n) is 12.9. The molecule has 1 unspecified atom stereocenters. The maximum atomic E-state index is 7.09. The molecule has 0 spiro atoms. The molecule has 0 saturated heterocycles. The van der Waals surface area contributed by atoms with Crippen molar-refractivity contribution in [2.24, 2.45) is 0 Å². The van der Waals surface area contributed by atoms with Gasteiger partial charge in [-0.3, -0.25) is 0 Å². The largest absolute Gasteiger partial charge is 0.449 e. The molecule has 0 radical (unpaired) electrons. The SMILES string of the molecule is C/C=C\C(=C/C)C1(c2ccccc2)c2ccccc2-c2c1ccc1c2Oc2ccc(N(C(/C=C3\Cc4ccccc4N3c3ccccc3)=C/I)c3ccccc3-c3ccccc3)cc2O1. The molecule has 0 N–H and O–H groups in total. The fraction of sp³-hybridized carbons (Fsp3) is 0.0667. The molecule has 0 saturated carbocycles. The molecule has 5 heteroatoms. The van der Waals surface area contributed by atoms with E-state index < -0.39 is 5.41 Å². The molecule has 1 atom stereocenters. The van der Waals surface area contributed by atoms with Crippen molar-refractivity contribution in [3.8, 4) is 45.3 Å². The molecule has 11 rings (SSSR count). The second-order valence-electron chi connectivity index (χ2n) is 16.4. The first-order chi connectivity index (χ1) is 32.1. The Morgan fingerprint density at radius 2 is 1.31 bits per heavy atom. The van der Waals surface area contributed by atoms with Gasteiger partial charge in [-0.05, 0) is 101 Å². The number of para-hydroxylation sites is 3. The number of hydrogen-bond donors (Lipinski definition) is 0. The van der Waals surface area contributed by atoms with Crippen molar-refractivity contribution in [1.82, 2.24) is 0 Å². The molecule has 0 bridgehead atoms. The first-order valence-electron chi connectivity index (χ1n) is 22.1. The van der Waals surface area contributed by atoms with Crippen LogP contribution in [0.25, 0.3) is 22.3 Å². The number of hydrogen-bond acceptors (Lipinski definition) is 4. The van der Waals surface area contributed by atoms with Crippen molar-refractivity contribution in [1.29, 1.82) is 0 Å². The highest BCUT2D eigenvalue weighted by Gasteiger charge is 2.48. The van der Waals surface area contributed by atoms with Crippen LogP contribution in [0, 0.1) is 0 Å². The molecular weight excluding hydrogens is 908 g/mol. The summed E-state index contributed by atoms with van der Waals surface area (Å²) >= 11 is 2.40. The number of halogens is 1. The minimum absolute atomic E-state index is 0.545. The Balaban J connectivity index is 1.05. The Bertz CT molecular complexity index is 3230. The second kappa shape index (κ2) is 17.0. The van der Waals surface area contributed by atoms with E-state index in [-0.39, 0.29) is 0 Å². The van der Waals surface area contributed by atoms with Gasteiger partial charge in [0.1, 0.15) is 0 Å². The topological polar surface area (TPSA) is 24.9 Å². The zero-order valence-corrected chi connectivity index (χ0v) is 38.3. The highest BCUT2D eigenvalue weighted by molar-refractivity contribution is 14.1. The molecule has 8 aromatic carbocycles. The van der Waals surface area contributed by atoms with E-state index in [9.17, 15) is 0 Å². The van der Waals surface area contributed by atoms with Gasteiger partial charge in [-0.1, -0.05) is 186 Å². The van der Waals surface area contributed by atoms with Gasteiger partial charge >= 0.3 is 0 Å². The van der Waals surface area contributed by atoms with E-state index in [1.165, 1.54) is 39.2 Å². The average molecular weight is 953 g/mol. The van der Waals surface area contributed by atoms with Crippen LogP contribution in [0.15, 0.2) is 239 Å². The van der Waals surface area contributed by atoms with Crippen LogP contribution in [0.1, 0.15) is 36.1 Å². The molecular formula is C60H45IN2O2. The number of allylic oxidation sites excluding steroid dienone is 6. The fourth-order valence-corrected chi connectivity index (χ4v) is 10.7. The van der Waals surface area contributed by atoms with Gasteiger partial charge in [-0.15, -0.1) is 0 Å². The Morgan fingerprint density at radius 3 is 2.08 bits per heavy atom. The molecule has 4 nitrogen and oxygen atoms in total. The summed E-state index contributed by atoms with van der Waals surface area (Å²) in [6, 6.07) is 68.9. The van der Waals surface area contributed by atoms with E-state index in [2.05, 4.69) is 269 Å². The quantitative estimate of drug-likeness (QED) is 0.106. The summed E-state index contributed by atoms with van der Waals surface area (Å²) in [5, 5.41) is 0. The summed E-state index contributed by atoms with van der Waals surface area (Å²) in [6.07, 6.45) is 9.75. The number of anilines is 4. The van der Waals surface area contributed by atoms with Crippen LogP contribution < -0.4 is 19.3 Å². The van der Waals surface area contributed by atoms with Gasteiger partial charge in [0.05, 0.1) is 22.5 Å². The maximum Gasteiger partial charge on any atom is 0.178 e. The van der Waals surface area contributed by atoms with Crippen molar-refractivity contribution < 1.29 is 9.47 Å². The first kappa shape index (κ1) is 40.4. The average Bonchev–Trinajstić information content (AvgIpc) is 3.89. The molecule has 2 heterocycles. The van der Waals surface area contributed by atoms with E-state index in [0.29, 0.717) is 17.2 Å². The van der Waals surface area contributed by atoms with Crippen LogP contribution in [-0.4, -0.2) is 0 Å². The summed E-state index contributed by atoms with van der Waals surface area (Å²) in [4.78, 5) is 4.73. The highest BCUT2D eigenvalue weighted by atomic mass is 127. The molecule has 65 heavy (non-hydrogen) atoms. The van der Waals surface area contributed by atoms with Crippen molar-refractivity contribution >= 4 is 45.3 Å². The Hall–Kier alpha value is -7.35. The normalized spacial score (nSPS) is 16.6. The third kappa shape index (κ3) is 6.72. The second-order valence-corrected chi connectivity index (χ2v) is 17.0. The van der Waals surface area contributed by atoms with E-state index in [1.54, 1.807) is 0 Å². The molecule has 3 aliphatic rings.